The third-order valence-corrected chi connectivity index (χ3v) is 4.47. The minimum Gasteiger partial charge on any atom is -0.366 e. The Kier molecular flexibility index (Phi) is 8.23. The van der Waals surface area contributed by atoms with Gasteiger partial charge in [0.1, 0.15) is 6.04 Å². The van der Waals surface area contributed by atoms with Gasteiger partial charge in [-0.25, -0.2) is 0 Å². The number of nitrogens with zero attached hydrogens (tertiary/aromatic N) is 1. The summed E-state index contributed by atoms with van der Waals surface area (Å²) in [6.45, 7) is 3.73. The summed E-state index contributed by atoms with van der Waals surface area (Å²) in [6.07, 6.45) is 1.07. The second-order valence-electron chi connectivity index (χ2n) is 6.05. The average molecular weight is 382 g/mol. The van der Waals surface area contributed by atoms with Crippen molar-refractivity contribution in [2.45, 2.75) is 25.4 Å². The van der Waals surface area contributed by atoms with E-state index in [-0.39, 0.29) is 36.8 Å². The Morgan fingerprint density at radius 1 is 1.12 bits per heavy atom. The molecular weight excluding hydrogens is 357 g/mol. The SMILES string of the molecule is CC(CNC(=O)C(N)c1ccccc1)N1CCc2ccccc21.Cl.Cl. The quantitative estimate of drug-likeness (QED) is 0.836. The number of nitrogens with two attached hydrogens (primary N) is 1. The summed E-state index contributed by atoms with van der Waals surface area (Å²) in [6, 6.07) is 17.6. The second kappa shape index (κ2) is 9.66. The van der Waals surface area contributed by atoms with Crippen LogP contribution in [0.5, 0.6) is 0 Å². The Balaban J connectivity index is 0.00000156. The number of rotatable bonds is 5. The van der Waals surface area contributed by atoms with Gasteiger partial charge in [0.05, 0.1) is 0 Å². The molecule has 0 saturated heterocycles. The molecule has 0 aromatic heterocycles. The van der Waals surface area contributed by atoms with Gasteiger partial charge in [-0.2, -0.15) is 0 Å². The maximum absolute atomic E-state index is 12.3. The highest BCUT2D eigenvalue weighted by molar-refractivity contribution is 5.85. The molecule has 2 atom stereocenters. The van der Waals surface area contributed by atoms with Gasteiger partial charge in [0.15, 0.2) is 0 Å². The van der Waals surface area contributed by atoms with E-state index in [9.17, 15) is 4.79 Å². The Labute approximate surface area is 161 Å². The maximum Gasteiger partial charge on any atom is 0.241 e. The zero-order valence-corrected chi connectivity index (χ0v) is 15.9. The number of benzene rings is 2. The molecule has 0 fully saturated rings. The predicted molar refractivity (Wildman–Crippen MR) is 108 cm³/mol. The van der Waals surface area contributed by atoms with Crippen LogP contribution in [0.25, 0.3) is 0 Å². The van der Waals surface area contributed by atoms with Crippen molar-refractivity contribution in [1.29, 1.82) is 0 Å². The number of para-hydroxylation sites is 1. The lowest BCUT2D eigenvalue weighted by Gasteiger charge is -2.28. The number of nitrogens with one attached hydrogen (secondary N) is 1. The van der Waals surface area contributed by atoms with Gasteiger partial charge >= 0.3 is 0 Å². The Hall–Kier alpha value is -1.75. The molecule has 6 heteroatoms. The topological polar surface area (TPSA) is 58.4 Å². The summed E-state index contributed by atoms with van der Waals surface area (Å²) < 4.78 is 0. The zero-order chi connectivity index (χ0) is 16.2. The molecule has 3 rings (SSSR count). The molecule has 0 saturated carbocycles. The number of amides is 1. The molecule has 0 spiro atoms. The average Bonchev–Trinajstić information content (AvgIpc) is 3.03. The number of halogens is 2. The Bertz CT molecular complexity index is 681. The molecule has 1 aliphatic heterocycles. The van der Waals surface area contributed by atoms with E-state index in [0.717, 1.165) is 18.5 Å². The number of anilines is 1. The van der Waals surface area contributed by atoms with Gasteiger partial charge in [-0.1, -0.05) is 48.5 Å². The highest BCUT2D eigenvalue weighted by atomic mass is 35.5. The molecule has 1 amide bonds. The first-order valence-electron chi connectivity index (χ1n) is 8.09. The van der Waals surface area contributed by atoms with E-state index in [2.05, 4.69) is 41.4 Å². The van der Waals surface area contributed by atoms with Crippen molar-refractivity contribution in [2.75, 3.05) is 18.0 Å². The van der Waals surface area contributed by atoms with Gasteiger partial charge in [-0.3, -0.25) is 4.79 Å². The van der Waals surface area contributed by atoms with E-state index in [1.807, 2.05) is 30.3 Å². The fourth-order valence-electron chi connectivity index (χ4n) is 3.10. The highest BCUT2D eigenvalue weighted by Gasteiger charge is 2.24. The number of carbonyl (C=O) groups is 1. The summed E-state index contributed by atoms with van der Waals surface area (Å²) in [5.74, 6) is -0.129. The fraction of sp³-hybridized carbons (Fsp3) is 0.316. The van der Waals surface area contributed by atoms with Crippen molar-refractivity contribution < 1.29 is 4.79 Å². The van der Waals surface area contributed by atoms with E-state index in [1.54, 1.807) is 0 Å². The van der Waals surface area contributed by atoms with Gasteiger partial charge in [0.25, 0.3) is 0 Å². The molecule has 2 aromatic carbocycles. The van der Waals surface area contributed by atoms with E-state index in [0.29, 0.717) is 6.54 Å². The molecule has 136 valence electrons. The monoisotopic (exact) mass is 381 g/mol. The molecular formula is C19H25Cl2N3O. The smallest absolute Gasteiger partial charge is 0.241 e. The van der Waals surface area contributed by atoms with Gasteiger partial charge in [-0.15, -0.1) is 24.8 Å². The van der Waals surface area contributed by atoms with Crippen LogP contribution < -0.4 is 16.0 Å². The van der Waals surface area contributed by atoms with Crippen molar-refractivity contribution in [3.63, 3.8) is 0 Å². The minimum absolute atomic E-state index is 0. The van der Waals surface area contributed by atoms with Crippen LogP contribution in [0.1, 0.15) is 24.1 Å². The summed E-state index contributed by atoms with van der Waals surface area (Å²) in [7, 11) is 0. The lowest BCUT2D eigenvalue weighted by atomic mass is 10.1. The van der Waals surface area contributed by atoms with Crippen molar-refractivity contribution in [3.05, 3.63) is 65.7 Å². The first kappa shape index (κ1) is 21.3. The summed E-state index contributed by atoms with van der Waals surface area (Å²) in [5, 5.41) is 2.98. The third kappa shape index (κ3) is 4.88. The molecule has 4 nitrogen and oxygen atoms in total. The second-order valence-corrected chi connectivity index (χ2v) is 6.05. The van der Waals surface area contributed by atoms with Crippen LogP contribution in [0.3, 0.4) is 0 Å². The lowest BCUT2D eigenvalue weighted by molar-refractivity contribution is -0.122. The summed E-state index contributed by atoms with van der Waals surface area (Å²) in [4.78, 5) is 14.6. The molecule has 3 N–H and O–H groups in total. The van der Waals surface area contributed by atoms with Crippen molar-refractivity contribution in [3.8, 4) is 0 Å². The van der Waals surface area contributed by atoms with Gasteiger partial charge in [-0.05, 0) is 30.5 Å². The van der Waals surface area contributed by atoms with Crippen LogP contribution >= 0.6 is 24.8 Å². The largest absolute Gasteiger partial charge is 0.366 e. The van der Waals surface area contributed by atoms with Crippen molar-refractivity contribution >= 4 is 36.4 Å². The van der Waals surface area contributed by atoms with Crippen LogP contribution in [0.4, 0.5) is 5.69 Å². The van der Waals surface area contributed by atoms with Crippen LogP contribution in [0, 0.1) is 0 Å². The molecule has 1 aliphatic rings. The van der Waals surface area contributed by atoms with E-state index < -0.39 is 6.04 Å². The van der Waals surface area contributed by atoms with E-state index in [4.69, 9.17) is 5.73 Å². The number of carbonyl (C=O) groups excluding carboxylic acids is 1. The van der Waals surface area contributed by atoms with Crippen LogP contribution in [-0.4, -0.2) is 25.0 Å². The summed E-state index contributed by atoms with van der Waals surface area (Å²) >= 11 is 0. The van der Waals surface area contributed by atoms with E-state index in [1.165, 1.54) is 11.3 Å². The Morgan fingerprint density at radius 2 is 1.76 bits per heavy atom. The van der Waals surface area contributed by atoms with Crippen molar-refractivity contribution in [1.82, 2.24) is 5.32 Å². The van der Waals surface area contributed by atoms with Gasteiger partial charge in [0.2, 0.25) is 5.91 Å². The van der Waals surface area contributed by atoms with Crippen LogP contribution in [0.2, 0.25) is 0 Å². The molecule has 2 unspecified atom stereocenters. The molecule has 2 aromatic rings. The fourth-order valence-corrected chi connectivity index (χ4v) is 3.10. The maximum atomic E-state index is 12.3. The minimum atomic E-state index is -0.616. The first-order valence-corrected chi connectivity index (χ1v) is 8.09. The number of hydrogen-bond donors (Lipinski definition) is 2. The zero-order valence-electron chi connectivity index (χ0n) is 14.2. The molecule has 0 radical (unpaired) electrons. The molecule has 1 heterocycles. The molecule has 0 aliphatic carbocycles. The van der Waals surface area contributed by atoms with E-state index >= 15 is 0 Å². The summed E-state index contributed by atoms with van der Waals surface area (Å²) in [5.41, 5.74) is 9.53. The number of hydrogen-bond acceptors (Lipinski definition) is 3. The van der Waals surface area contributed by atoms with Gasteiger partial charge in [0, 0.05) is 24.8 Å². The molecule has 0 bridgehead atoms. The highest BCUT2D eigenvalue weighted by Crippen LogP contribution is 2.28. The standard InChI is InChI=1S/C19H23N3O.2ClH/c1-14(22-12-11-15-7-5-6-10-17(15)22)13-21-19(23)18(20)16-8-3-2-4-9-16;;/h2-10,14,18H,11-13,20H2,1H3,(H,21,23);2*1H. The Morgan fingerprint density at radius 3 is 2.48 bits per heavy atom. The normalized spacial score (nSPS) is 14.6. The van der Waals surface area contributed by atoms with Gasteiger partial charge < -0.3 is 16.0 Å². The molecule has 25 heavy (non-hydrogen) atoms. The third-order valence-electron chi connectivity index (χ3n) is 4.47. The van der Waals surface area contributed by atoms with Crippen LogP contribution in [0.15, 0.2) is 54.6 Å². The lowest BCUT2D eigenvalue weighted by Crippen LogP contribution is -2.44. The number of fused-ring (bicyclic) bond motifs is 1. The van der Waals surface area contributed by atoms with Crippen LogP contribution in [-0.2, 0) is 11.2 Å². The van der Waals surface area contributed by atoms with Crippen molar-refractivity contribution in [2.24, 2.45) is 5.73 Å². The predicted octanol–water partition coefficient (Wildman–Crippen LogP) is 3.10. The first-order chi connectivity index (χ1) is 11.2.